The predicted molar refractivity (Wildman–Crippen MR) is 93.7 cm³/mol. The fraction of sp³-hybridized carbons (Fsp3) is 0.562. The first-order valence-electron chi connectivity index (χ1n) is 8.10. The van der Waals surface area contributed by atoms with Gasteiger partial charge < -0.3 is 9.80 Å². The standard InChI is InChI=1S/C16H22ClN3O3S/c1-19-7-5-14(6-8-19)18-24(22,23)15-10-20(11-15)16(21)12-3-2-4-13(17)9-12/h2-4,9,14-15,18H,5-8,10-11H2,1H3. The Balaban J connectivity index is 1.54. The zero-order valence-electron chi connectivity index (χ0n) is 13.6. The van der Waals surface area contributed by atoms with Crippen molar-refractivity contribution in [3.63, 3.8) is 0 Å². The number of benzene rings is 1. The van der Waals surface area contributed by atoms with Crippen LogP contribution < -0.4 is 4.72 Å². The third-order valence-electron chi connectivity index (χ3n) is 4.70. The van der Waals surface area contributed by atoms with Crippen molar-refractivity contribution >= 4 is 27.5 Å². The average Bonchev–Trinajstić information content (AvgIpc) is 2.47. The average molecular weight is 372 g/mol. The summed E-state index contributed by atoms with van der Waals surface area (Å²) in [4.78, 5) is 16.1. The van der Waals surface area contributed by atoms with Gasteiger partial charge in [0.15, 0.2) is 0 Å². The van der Waals surface area contributed by atoms with Gasteiger partial charge in [0.2, 0.25) is 10.0 Å². The largest absolute Gasteiger partial charge is 0.336 e. The molecule has 2 fully saturated rings. The molecule has 0 bridgehead atoms. The maximum absolute atomic E-state index is 12.4. The first kappa shape index (κ1) is 17.7. The lowest BCUT2D eigenvalue weighted by Crippen LogP contribution is -2.60. The van der Waals surface area contributed by atoms with E-state index in [2.05, 4.69) is 9.62 Å². The van der Waals surface area contributed by atoms with Crippen LogP contribution in [0.1, 0.15) is 23.2 Å². The van der Waals surface area contributed by atoms with E-state index >= 15 is 0 Å². The van der Waals surface area contributed by atoms with E-state index in [4.69, 9.17) is 11.6 Å². The van der Waals surface area contributed by atoms with E-state index in [-0.39, 0.29) is 25.0 Å². The Morgan fingerprint density at radius 2 is 1.92 bits per heavy atom. The summed E-state index contributed by atoms with van der Waals surface area (Å²) in [5.74, 6) is -0.178. The van der Waals surface area contributed by atoms with Gasteiger partial charge in [-0.2, -0.15) is 0 Å². The number of piperidine rings is 1. The number of rotatable bonds is 4. The number of halogens is 1. The van der Waals surface area contributed by atoms with E-state index in [1.54, 1.807) is 29.2 Å². The molecule has 8 heteroatoms. The Bertz CT molecular complexity index is 711. The molecule has 1 aromatic carbocycles. The number of hydrogen-bond donors (Lipinski definition) is 1. The zero-order valence-corrected chi connectivity index (χ0v) is 15.2. The molecule has 2 saturated heterocycles. The molecule has 1 aromatic rings. The van der Waals surface area contributed by atoms with Crippen LogP contribution in [0, 0.1) is 0 Å². The van der Waals surface area contributed by atoms with Crippen LogP contribution >= 0.6 is 11.6 Å². The van der Waals surface area contributed by atoms with Gasteiger partial charge in [-0.25, -0.2) is 13.1 Å². The Hall–Kier alpha value is -1.15. The number of hydrogen-bond acceptors (Lipinski definition) is 4. The fourth-order valence-corrected chi connectivity index (χ4v) is 4.89. The molecule has 0 atom stereocenters. The molecular formula is C16H22ClN3O3S. The Labute approximate surface area is 147 Å². The molecule has 1 N–H and O–H groups in total. The lowest BCUT2D eigenvalue weighted by molar-refractivity contribution is 0.0658. The minimum absolute atomic E-state index is 0.00359. The van der Waals surface area contributed by atoms with Gasteiger partial charge in [-0.15, -0.1) is 0 Å². The Morgan fingerprint density at radius 1 is 1.25 bits per heavy atom. The van der Waals surface area contributed by atoms with Crippen LogP contribution in [0.5, 0.6) is 0 Å². The smallest absolute Gasteiger partial charge is 0.253 e. The molecule has 0 aromatic heterocycles. The molecule has 24 heavy (non-hydrogen) atoms. The first-order chi connectivity index (χ1) is 11.3. The van der Waals surface area contributed by atoms with Crippen LogP contribution in [0.4, 0.5) is 0 Å². The third-order valence-corrected chi connectivity index (χ3v) is 6.77. The van der Waals surface area contributed by atoms with Crippen LogP contribution in [0.15, 0.2) is 24.3 Å². The van der Waals surface area contributed by atoms with Gasteiger partial charge in [-0.05, 0) is 51.2 Å². The minimum atomic E-state index is -3.39. The minimum Gasteiger partial charge on any atom is -0.336 e. The monoisotopic (exact) mass is 371 g/mol. The number of sulfonamides is 1. The number of carbonyl (C=O) groups excluding carboxylic acids is 1. The van der Waals surface area contributed by atoms with Crippen LogP contribution in [0.3, 0.4) is 0 Å². The second kappa shape index (κ2) is 7.00. The van der Waals surface area contributed by atoms with Gasteiger partial charge in [-0.1, -0.05) is 17.7 Å². The molecule has 2 aliphatic rings. The molecular weight excluding hydrogens is 350 g/mol. The van der Waals surface area contributed by atoms with E-state index in [1.807, 2.05) is 7.05 Å². The first-order valence-corrected chi connectivity index (χ1v) is 10.0. The summed E-state index contributed by atoms with van der Waals surface area (Å²) in [5.41, 5.74) is 0.488. The highest BCUT2D eigenvalue weighted by molar-refractivity contribution is 7.90. The zero-order chi connectivity index (χ0) is 17.3. The summed E-state index contributed by atoms with van der Waals surface area (Å²) >= 11 is 5.89. The van der Waals surface area contributed by atoms with Gasteiger partial charge >= 0.3 is 0 Å². The Morgan fingerprint density at radius 3 is 2.54 bits per heavy atom. The summed E-state index contributed by atoms with van der Waals surface area (Å²) in [6.45, 7) is 2.26. The highest BCUT2D eigenvalue weighted by atomic mass is 35.5. The van der Waals surface area contributed by atoms with E-state index < -0.39 is 15.3 Å². The molecule has 0 spiro atoms. The highest BCUT2D eigenvalue weighted by Crippen LogP contribution is 2.21. The SMILES string of the molecule is CN1CCC(NS(=O)(=O)C2CN(C(=O)c3cccc(Cl)c3)C2)CC1. The van der Waals surface area contributed by atoms with Gasteiger partial charge in [0.05, 0.1) is 0 Å². The molecule has 0 saturated carbocycles. The summed E-state index contributed by atoms with van der Waals surface area (Å²) in [5, 5.41) is -0.0326. The van der Waals surface area contributed by atoms with E-state index in [0.717, 1.165) is 25.9 Å². The second-order valence-electron chi connectivity index (χ2n) is 6.58. The number of amides is 1. The maximum atomic E-state index is 12.4. The van der Waals surface area contributed by atoms with E-state index in [0.29, 0.717) is 10.6 Å². The van der Waals surface area contributed by atoms with Crippen molar-refractivity contribution in [2.45, 2.75) is 24.1 Å². The van der Waals surface area contributed by atoms with Crippen LogP contribution in [-0.2, 0) is 10.0 Å². The van der Waals surface area contributed by atoms with Crippen molar-refractivity contribution in [2.24, 2.45) is 0 Å². The molecule has 0 aliphatic carbocycles. The van der Waals surface area contributed by atoms with Crippen molar-refractivity contribution in [3.05, 3.63) is 34.9 Å². The molecule has 6 nitrogen and oxygen atoms in total. The number of likely N-dealkylation sites (tertiary alicyclic amines) is 2. The van der Waals surface area contributed by atoms with Crippen molar-refractivity contribution in [1.29, 1.82) is 0 Å². The van der Waals surface area contributed by atoms with Crippen molar-refractivity contribution < 1.29 is 13.2 Å². The van der Waals surface area contributed by atoms with Crippen molar-refractivity contribution in [3.8, 4) is 0 Å². The van der Waals surface area contributed by atoms with Crippen LogP contribution in [0.25, 0.3) is 0 Å². The highest BCUT2D eigenvalue weighted by Gasteiger charge is 2.41. The second-order valence-corrected chi connectivity index (χ2v) is 9.01. The predicted octanol–water partition coefficient (Wildman–Crippen LogP) is 1.18. The summed E-state index contributed by atoms with van der Waals surface area (Å²) in [7, 11) is -1.35. The van der Waals surface area contributed by atoms with E-state index in [9.17, 15) is 13.2 Å². The number of nitrogens with zero attached hydrogens (tertiary/aromatic N) is 2. The van der Waals surface area contributed by atoms with Crippen molar-refractivity contribution in [1.82, 2.24) is 14.5 Å². The van der Waals surface area contributed by atoms with E-state index in [1.165, 1.54) is 0 Å². The van der Waals surface area contributed by atoms with Crippen LogP contribution in [-0.4, -0.2) is 68.6 Å². The molecule has 1 amide bonds. The molecule has 0 unspecified atom stereocenters. The van der Waals surface area contributed by atoms with Gasteiger partial charge in [-0.3, -0.25) is 4.79 Å². The maximum Gasteiger partial charge on any atom is 0.253 e. The van der Waals surface area contributed by atoms with Crippen molar-refractivity contribution in [2.75, 3.05) is 33.2 Å². The molecule has 3 rings (SSSR count). The summed E-state index contributed by atoms with van der Waals surface area (Å²) < 4.78 is 27.7. The molecule has 2 aliphatic heterocycles. The number of nitrogens with one attached hydrogen (secondary N) is 1. The quantitative estimate of drug-likeness (QED) is 0.862. The van der Waals surface area contributed by atoms with Gasteiger partial charge in [0.1, 0.15) is 5.25 Å². The molecule has 2 heterocycles. The summed E-state index contributed by atoms with van der Waals surface area (Å²) in [6, 6.07) is 6.71. The fourth-order valence-electron chi connectivity index (χ4n) is 3.06. The third kappa shape index (κ3) is 3.91. The topological polar surface area (TPSA) is 69.7 Å². The van der Waals surface area contributed by atoms with Gasteiger partial charge in [0.25, 0.3) is 5.91 Å². The normalized spacial score (nSPS) is 20.8. The molecule has 132 valence electrons. The number of carbonyl (C=O) groups is 1. The van der Waals surface area contributed by atoms with Crippen LogP contribution in [0.2, 0.25) is 5.02 Å². The lowest BCUT2D eigenvalue weighted by atomic mass is 10.1. The molecule has 0 radical (unpaired) electrons. The lowest BCUT2D eigenvalue weighted by Gasteiger charge is -2.40. The Kier molecular flexibility index (Phi) is 5.15. The van der Waals surface area contributed by atoms with Gasteiger partial charge in [0, 0.05) is 29.7 Å². The summed E-state index contributed by atoms with van der Waals surface area (Å²) in [6.07, 6.45) is 1.65.